The van der Waals surface area contributed by atoms with Crippen molar-refractivity contribution in [1.29, 1.82) is 0 Å². The lowest BCUT2D eigenvalue weighted by Gasteiger charge is -2.35. The van der Waals surface area contributed by atoms with E-state index in [0.29, 0.717) is 38.0 Å². The lowest BCUT2D eigenvalue weighted by molar-refractivity contribution is 0.196. The Morgan fingerprint density at radius 3 is 2.68 bits per heavy atom. The summed E-state index contributed by atoms with van der Waals surface area (Å²) in [5, 5.41) is 10.6. The topological polar surface area (TPSA) is 87.4 Å². The molecule has 1 saturated heterocycles. The van der Waals surface area contributed by atoms with Crippen LogP contribution in [0.25, 0.3) is 11.5 Å². The standard InChI is InChI=1S/C14H18N6O2/c1-10-17-18-13(22-10)11-4-3-5-16-12(11)19-6-8-20(9-7-19)14(21)15-2/h3-5H,6-9H2,1-2H3,(H,15,21). The zero-order valence-corrected chi connectivity index (χ0v) is 12.6. The number of rotatable bonds is 2. The molecule has 8 nitrogen and oxygen atoms in total. The van der Waals surface area contributed by atoms with E-state index in [1.807, 2.05) is 12.1 Å². The average molecular weight is 302 g/mol. The second kappa shape index (κ2) is 6.00. The monoisotopic (exact) mass is 302 g/mol. The number of carbonyl (C=O) groups excluding carboxylic acids is 1. The number of anilines is 1. The van der Waals surface area contributed by atoms with E-state index in [-0.39, 0.29) is 6.03 Å². The Bertz CT molecular complexity index is 663. The number of urea groups is 1. The van der Waals surface area contributed by atoms with Gasteiger partial charge in [-0.2, -0.15) is 0 Å². The van der Waals surface area contributed by atoms with Gasteiger partial charge in [-0.1, -0.05) is 0 Å². The minimum atomic E-state index is -0.0478. The van der Waals surface area contributed by atoms with E-state index in [4.69, 9.17) is 4.42 Å². The van der Waals surface area contributed by atoms with Crippen molar-refractivity contribution in [3.8, 4) is 11.5 Å². The van der Waals surface area contributed by atoms with E-state index < -0.39 is 0 Å². The Morgan fingerprint density at radius 2 is 2.05 bits per heavy atom. The molecule has 2 amide bonds. The van der Waals surface area contributed by atoms with Crippen LogP contribution in [0.4, 0.5) is 10.6 Å². The largest absolute Gasteiger partial charge is 0.421 e. The van der Waals surface area contributed by atoms with Crippen LogP contribution in [0.2, 0.25) is 0 Å². The molecular formula is C14H18N6O2. The zero-order chi connectivity index (χ0) is 15.5. The summed E-state index contributed by atoms with van der Waals surface area (Å²) in [5.41, 5.74) is 0.816. The third-order valence-electron chi connectivity index (χ3n) is 3.62. The molecule has 0 bridgehead atoms. The second-order valence-electron chi connectivity index (χ2n) is 5.03. The molecule has 0 aliphatic carbocycles. The van der Waals surface area contributed by atoms with Gasteiger partial charge in [-0.3, -0.25) is 0 Å². The number of piperazine rings is 1. The van der Waals surface area contributed by atoms with Crippen LogP contribution in [0.15, 0.2) is 22.7 Å². The summed E-state index contributed by atoms with van der Waals surface area (Å²) in [6.45, 7) is 4.49. The van der Waals surface area contributed by atoms with E-state index in [1.165, 1.54) is 0 Å². The fraction of sp³-hybridized carbons (Fsp3) is 0.429. The summed E-state index contributed by atoms with van der Waals surface area (Å²) < 4.78 is 5.51. The third-order valence-corrected chi connectivity index (χ3v) is 3.62. The summed E-state index contributed by atoms with van der Waals surface area (Å²) in [4.78, 5) is 20.0. The highest BCUT2D eigenvalue weighted by Crippen LogP contribution is 2.28. The van der Waals surface area contributed by atoms with E-state index in [9.17, 15) is 4.79 Å². The van der Waals surface area contributed by atoms with Gasteiger partial charge in [-0.25, -0.2) is 9.78 Å². The first kappa shape index (κ1) is 14.3. The summed E-state index contributed by atoms with van der Waals surface area (Å²) >= 11 is 0. The lowest BCUT2D eigenvalue weighted by Crippen LogP contribution is -2.51. The molecule has 1 aliphatic heterocycles. The summed E-state index contributed by atoms with van der Waals surface area (Å²) in [5.74, 6) is 1.80. The van der Waals surface area contributed by atoms with Crippen molar-refractivity contribution in [2.45, 2.75) is 6.92 Å². The van der Waals surface area contributed by atoms with Crippen molar-refractivity contribution in [1.82, 2.24) is 25.4 Å². The van der Waals surface area contributed by atoms with Crippen LogP contribution in [0.1, 0.15) is 5.89 Å². The van der Waals surface area contributed by atoms with E-state index in [1.54, 1.807) is 25.1 Å². The maximum atomic E-state index is 11.6. The Balaban J connectivity index is 1.80. The molecule has 2 aromatic rings. The number of aromatic nitrogens is 3. The predicted molar refractivity (Wildman–Crippen MR) is 80.5 cm³/mol. The number of carbonyl (C=O) groups is 1. The molecule has 0 radical (unpaired) electrons. The molecule has 1 aliphatic rings. The van der Waals surface area contributed by atoms with Crippen molar-refractivity contribution >= 4 is 11.8 Å². The highest BCUT2D eigenvalue weighted by Gasteiger charge is 2.24. The molecule has 0 saturated carbocycles. The first-order chi connectivity index (χ1) is 10.7. The van der Waals surface area contributed by atoms with Gasteiger partial charge in [0.1, 0.15) is 5.82 Å². The summed E-state index contributed by atoms with van der Waals surface area (Å²) in [6.07, 6.45) is 1.74. The van der Waals surface area contributed by atoms with Gasteiger partial charge in [0.25, 0.3) is 5.89 Å². The van der Waals surface area contributed by atoms with Gasteiger partial charge in [0.15, 0.2) is 0 Å². The summed E-state index contributed by atoms with van der Waals surface area (Å²) in [7, 11) is 1.64. The van der Waals surface area contributed by atoms with Crippen LogP contribution >= 0.6 is 0 Å². The van der Waals surface area contributed by atoms with Crippen LogP contribution in [-0.4, -0.2) is 59.3 Å². The molecule has 22 heavy (non-hydrogen) atoms. The number of nitrogens with one attached hydrogen (secondary N) is 1. The molecule has 8 heteroatoms. The van der Waals surface area contributed by atoms with E-state index in [2.05, 4.69) is 25.4 Å². The molecule has 116 valence electrons. The molecule has 0 aromatic carbocycles. The number of pyridine rings is 1. The fourth-order valence-corrected chi connectivity index (χ4v) is 2.50. The molecule has 1 N–H and O–H groups in total. The molecule has 0 spiro atoms. The van der Waals surface area contributed by atoms with Crippen LogP contribution in [0.3, 0.4) is 0 Å². The van der Waals surface area contributed by atoms with Crippen molar-refractivity contribution in [3.63, 3.8) is 0 Å². The normalized spacial score (nSPS) is 15.0. The van der Waals surface area contributed by atoms with Gasteiger partial charge in [-0.05, 0) is 12.1 Å². The van der Waals surface area contributed by atoms with E-state index in [0.717, 1.165) is 11.4 Å². The summed E-state index contributed by atoms with van der Waals surface area (Å²) in [6, 6.07) is 3.72. The van der Waals surface area contributed by atoms with Crippen molar-refractivity contribution in [2.75, 3.05) is 38.1 Å². The highest BCUT2D eigenvalue weighted by molar-refractivity contribution is 5.74. The van der Waals surface area contributed by atoms with Crippen LogP contribution in [-0.2, 0) is 0 Å². The minimum absolute atomic E-state index is 0.0478. The van der Waals surface area contributed by atoms with Gasteiger partial charge in [-0.15, -0.1) is 10.2 Å². The van der Waals surface area contributed by atoms with Gasteiger partial charge in [0.2, 0.25) is 5.89 Å². The molecule has 0 unspecified atom stereocenters. The molecule has 0 atom stereocenters. The van der Waals surface area contributed by atoms with Gasteiger partial charge >= 0.3 is 6.03 Å². The Kier molecular flexibility index (Phi) is 3.90. The number of hydrogen-bond acceptors (Lipinski definition) is 6. The lowest BCUT2D eigenvalue weighted by atomic mass is 10.2. The first-order valence-corrected chi connectivity index (χ1v) is 7.16. The van der Waals surface area contributed by atoms with Gasteiger partial charge in [0.05, 0.1) is 5.56 Å². The number of nitrogens with zero attached hydrogens (tertiary/aromatic N) is 5. The average Bonchev–Trinajstić information content (AvgIpc) is 3.00. The fourth-order valence-electron chi connectivity index (χ4n) is 2.50. The van der Waals surface area contributed by atoms with Crippen molar-refractivity contribution in [2.24, 2.45) is 0 Å². The molecular weight excluding hydrogens is 284 g/mol. The van der Waals surface area contributed by atoms with Crippen molar-refractivity contribution < 1.29 is 9.21 Å². The smallest absolute Gasteiger partial charge is 0.317 e. The zero-order valence-electron chi connectivity index (χ0n) is 12.6. The molecule has 2 aromatic heterocycles. The number of hydrogen-bond donors (Lipinski definition) is 1. The highest BCUT2D eigenvalue weighted by atomic mass is 16.4. The predicted octanol–water partition coefficient (Wildman–Crippen LogP) is 0.901. The number of aryl methyl sites for hydroxylation is 1. The second-order valence-corrected chi connectivity index (χ2v) is 5.03. The van der Waals surface area contributed by atoms with E-state index >= 15 is 0 Å². The van der Waals surface area contributed by atoms with Gasteiger partial charge < -0.3 is 19.5 Å². The van der Waals surface area contributed by atoms with Crippen LogP contribution < -0.4 is 10.2 Å². The number of amides is 2. The third kappa shape index (κ3) is 2.72. The maximum absolute atomic E-state index is 11.6. The first-order valence-electron chi connectivity index (χ1n) is 7.16. The van der Waals surface area contributed by atoms with Crippen molar-refractivity contribution in [3.05, 3.63) is 24.2 Å². The SMILES string of the molecule is CNC(=O)N1CCN(c2ncccc2-c2nnc(C)o2)CC1. The minimum Gasteiger partial charge on any atom is -0.421 e. The molecule has 3 heterocycles. The quantitative estimate of drug-likeness (QED) is 0.887. The van der Waals surface area contributed by atoms with Gasteiger partial charge in [0, 0.05) is 46.3 Å². The Morgan fingerprint density at radius 1 is 1.27 bits per heavy atom. The van der Waals surface area contributed by atoms with Crippen LogP contribution in [0.5, 0.6) is 0 Å². The molecule has 1 fully saturated rings. The Labute approximate surface area is 128 Å². The van der Waals surface area contributed by atoms with Crippen LogP contribution in [0, 0.1) is 6.92 Å². The maximum Gasteiger partial charge on any atom is 0.317 e. The Hall–Kier alpha value is -2.64. The molecule has 3 rings (SSSR count).